The van der Waals surface area contributed by atoms with E-state index in [2.05, 4.69) is 44.3 Å². The number of carbonyl (C=O) groups excluding carboxylic acids is 1. The monoisotopic (exact) mass is 433 g/mol. The van der Waals surface area contributed by atoms with Gasteiger partial charge in [0.25, 0.3) is 0 Å². The molecule has 0 aliphatic carbocycles. The fraction of sp³-hybridized carbons (Fsp3) is 0.400. The molecule has 1 aromatic heterocycles. The smallest absolute Gasteiger partial charge is 0.236 e. The molecule has 4 rings (SSSR count). The van der Waals surface area contributed by atoms with Gasteiger partial charge in [0, 0.05) is 38.9 Å². The van der Waals surface area contributed by atoms with Crippen molar-refractivity contribution in [2.24, 2.45) is 0 Å². The molecule has 0 N–H and O–H groups in total. The van der Waals surface area contributed by atoms with Crippen LogP contribution in [0.3, 0.4) is 0 Å². The molecule has 1 unspecified atom stereocenters. The van der Waals surface area contributed by atoms with Crippen molar-refractivity contribution in [3.05, 3.63) is 60.3 Å². The second-order valence-electron chi connectivity index (χ2n) is 8.57. The van der Waals surface area contributed by atoms with Crippen LogP contribution in [0.1, 0.15) is 18.4 Å². The Labute approximate surface area is 189 Å². The number of ether oxygens (including phenoxy) is 1. The third-order valence-electron chi connectivity index (χ3n) is 6.11. The average Bonchev–Trinajstić information content (AvgIpc) is 3.27. The van der Waals surface area contributed by atoms with Gasteiger partial charge < -0.3 is 14.5 Å². The fourth-order valence-electron chi connectivity index (χ4n) is 4.41. The zero-order chi connectivity index (χ0) is 22.5. The lowest BCUT2D eigenvalue weighted by Gasteiger charge is -2.29. The molecule has 168 valence electrons. The zero-order valence-corrected chi connectivity index (χ0v) is 19.1. The summed E-state index contributed by atoms with van der Waals surface area (Å²) >= 11 is 0. The number of anilines is 1. The van der Waals surface area contributed by atoms with E-state index in [9.17, 15) is 4.79 Å². The second-order valence-corrected chi connectivity index (χ2v) is 8.57. The number of nitrogens with zero attached hydrogens (tertiary/aromatic N) is 5. The largest absolute Gasteiger partial charge is 0.497 e. The minimum atomic E-state index is 0.117. The van der Waals surface area contributed by atoms with Crippen LogP contribution in [0.5, 0.6) is 5.75 Å². The van der Waals surface area contributed by atoms with E-state index in [1.807, 2.05) is 38.4 Å². The summed E-state index contributed by atoms with van der Waals surface area (Å²) in [5.74, 6) is 1.88. The zero-order valence-electron chi connectivity index (χ0n) is 19.1. The van der Waals surface area contributed by atoms with Crippen molar-refractivity contribution in [3.63, 3.8) is 0 Å². The van der Waals surface area contributed by atoms with Crippen LogP contribution in [0.15, 0.2) is 54.7 Å². The third kappa shape index (κ3) is 5.16. The summed E-state index contributed by atoms with van der Waals surface area (Å²) in [6.45, 7) is 2.79. The van der Waals surface area contributed by atoms with Crippen LogP contribution in [-0.4, -0.2) is 72.8 Å². The predicted molar refractivity (Wildman–Crippen MR) is 127 cm³/mol. The molecule has 1 aliphatic heterocycles. The maximum atomic E-state index is 12.9. The number of methoxy groups -OCH3 is 1. The lowest BCUT2D eigenvalue weighted by atomic mass is 10.1. The van der Waals surface area contributed by atoms with Crippen LogP contribution in [0, 0.1) is 0 Å². The minimum Gasteiger partial charge on any atom is -0.497 e. The predicted octanol–water partition coefficient (Wildman–Crippen LogP) is 3.20. The molecule has 1 fully saturated rings. The van der Waals surface area contributed by atoms with Gasteiger partial charge in [0.15, 0.2) is 5.82 Å². The Morgan fingerprint density at radius 3 is 2.75 bits per heavy atom. The van der Waals surface area contributed by atoms with Gasteiger partial charge in [-0.2, -0.15) is 5.10 Å². The highest BCUT2D eigenvalue weighted by Crippen LogP contribution is 2.24. The molecule has 7 heteroatoms. The van der Waals surface area contributed by atoms with Crippen molar-refractivity contribution in [1.29, 1.82) is 0 Å². The van der Waals surface area contributed by atoms with E-state index in [4.69, 9.17) is 4.74 Å². The minimum absolute atomic E-state index is 0.117. The number of benzene rings is 2. The van der Waals surface area contributed by atoms with E-state index in [0.717, 1.165) is 53.8 Å². The van der Waals surface area contributed by atoms with E-state index in [-0.39, 0.29) is 5.91 Å². The Morgan fingerprint density at radius 2 is 1.97 bits per heavy atom. The topological polar surface area (TPSA) is 61.8 Å². The maximum absolute atomic E-state index is 12.9. The van der Waals surface area contributed by atoms with Crippen LogP contribution in [0.25, 0.3) is 10.8 Å². The molecule has 7 nitrogen and oxygen atoms in total. The summed E-state index contributed by atoms with van der Waals surface area (Å²) in [6, 6.07) is 16.6. The molecular weight excluding hydrogens is 402 g/mol. The Hall–Kier alpha value is -3.19. The van der Waals surface area contributed by atoms with Gasteiger partial charge in [-0.1, -0.05) is 18.2 Å². The number of amides is 1. The first kappa shape index (κ1) is 22.0. The highest BCUT2D eigenvalue weighted by Gasteiger charge is 2.27. The first-order valence-electron chi connectivity index (χ1n) is 11.1. The van der Waals surface area contributed by atoms with E-state index in [1.165, 1.54) is 0 Å². The van der Waals surface area contributed by atoms with Crippen molar-refractivity contribution in [2.45, 2.75) is 25.4 Å². The number of carbonyl (C=O) groups is 1. The molecule has 1 atom stereocenters. The highest BCUT2D eigenvalue weighted by atomic mass is 16.5. The molecule has 2 aromatic carbocycles. The van der Waals surface area contributed by atoms with Gasteiger partial charge in [-0.3, -0.25) is 9.69 Å². The summed E-state index contributed by atoms with van der Waals surface area (Å²) < 4.78 is 5.30. The Balaban J connectivity index is 1.32. The first-order chi connectivity index (χ1) is 15.5. The second kappa shape index (κ2) is 9.96. The summed E-state index contributed by atoms with van der Waals surface area (Å²) in [5, 5.41) is 10.5. The number of hydrogen-bond acceptors (Lipinski definition) is 6. The number of rotatable bonds is 8. The quantitative estimate of drug-likeness (QED) is 0.544. The standard InChI is InChI=1S/C25H31N5O2/c1-28(17-22-6-5-13-30(22)24-7-4-12-26-27-24)18-25(31)29(2)16-19-8-9-21-15-23(32-3)11-10-20(21)14-19/h4,7-12,14-15,22H,5-6,13,16-18H2,1-3H3. The molecule has 1 aliphatic rings. The first-order valence-corrected chi connectivity index (χ1v) is 11.1. The van der Waals surface area contributed by atoms with Crippen LogP contribution >= 0.6 is 0 Å². The van der Waals surface area contributed by atoms with E-state index < -0.39 is 0 Å². The van der Waals surface area contributed by atoms with Gasteiger partial charge in [-0.25, -0.2) is 0 Å². The van der Waals surface area contributed by atoms with E-state index >= 15 is 0 Å². The van der Waals surface area contributed by atoms with Crippen LogP contribution in [0.4, 0.5) is 5.82 Å². The van der Waals surface area contributed by atoms with Crippen LogP contribution < -0.4 is 9.64 Å². The van der Waals surface area contributed by atoms with Gasteiger partial charge in [0.1, 0.15) is 5.75 Å². The molecular formula is C25H31N5O2. The Bertz CT molecular complexity index is 1060. The molecule has 32 heavy (non-hydrogen) atoms. The molecule has 1 amide bonds. The Morgan fingerprint density at radius 1 is 1.16 bits per heavy atom. The molecule has 0 saturated carbocycles. The lowest BCUT2D eigenvalue weighted by molar-refractivity contribution is -0.131. The van der Waals surface area contributed by atoms with Crippen molar-refractivity contribution >= 4 is 22.5 Å². The van der Waals surface area contributed by atoms with Gasteiger partial charge >= 0.3 is 0 Å². The normalized spacial score (nSPS) is 16.0. The highest BCUT2D eigenvalue weighted by molar-refractivity contribution is 5.84. The SMILES string of the molecule is COc1ccc2cc(CN(C)C(=O)CN(C)CC3CCCN3c3cccnn3)ccc2c1. The van der Waals surface area contributed by atoms with Gasteiger partial charge in [0.05, 0.1) is 13.7 Å². The molecule has 0 spiro atoms. The molecule has 0 radical (unpaired) electrons. The number of aromatic nitrogens is 2. The lowest BCUT2D eigenvalue weighted by Crippen LogP contribution is -2.43. The van der Waals surface area contributed by atoms with Gasteiger partial charge in [-0.15, -0.1) is 5.10 Å². The number of hydrogen-bond donors (Lipinski definition) is 0. The molecule has 0 bridgehead atoms. The molecule has 1 saturated heterocycles. The van der Waals surface area contributed by atoms with Crippen molar-refractivity contribution in [1.82, 2.24) is 20.0 Å². The van der Waals surface area contributed by atoms with Gasteiger partial charge in [-0.05, 0) is 66.6 Å². The van der Waals surface area contributed by atoms with Crippen molar-refractivity contribution < 1.29 is 9.53 Å². The third-order valence-corrected chi connectivity index (χ3v) is 6.11. The van der Waals surface area contributed by atoms with Crippen molar-refractivity contribution in [3.8, 4) is 5.75 Å². The summed E-state index contributed by atoms with van der Waals surface area (Å²) in [4.78, 5) is 19.1. The van der Waals surface area contributed by atoms with Crippen LogP contribution in [-0.2, 0) is 11.3 Å². The van der Waals surface area contributed by atoms with Gasteiger partial charge in [0.2, 0.25) is 5.91 Å². The Kier molecular flexibility index (Phi) is 6.85. The molecule has 3 aromatic rings. The van der Waals surface area contributed by atoms with Crippen molar-refractivity contribution in [2.75, 3.05) is 45.7 Å². The summed E-state index contributed by atoms with van der Waals surface area (Å²) in [6.07, 6.45) is 3.94. The summed E-state index contributed by atoms with van der Waals surface area (Å²) in [5.41, 5.74) is 1.12. The van der Waals surface area contributed by atoms with E-state index in [0.29, 0.717) is 19.1 Å². The fourth-order valence-corrected chi connectivity index (χ4v) is 4.41. The van der Waals surface area contributed by atoms with Crippen LogP contribution in [0.2, 0.25) is 0 Å². The number of fused-ring (bicyclic) bond motifs is 1. The average molecular weight is 434 g/mol. The number of likely N-dealkylation sites (N-methyl/N-ethyl adjacent to an activating group) is 2. The summed E-state index contributed by atoms with van der Waals surface area (Å²) in [7, 11) is 5.56. The van der Waals surface area contributed by atoms with E-state index in [1.54, 1.807) is 18.2 Å². The maximum Gasteiger partial charge on any atom is 0.236 e. The molecule has 2 heterocycles.